The highest BCUT2D eigenvalue weighted by atomic mass is 19.4. The number of rotatable bonds is 4. The average molecular weight is 518 g/mol. The number of halogens is 6. The Morgan fingerprint density at radius 2 is 1.58 bits per heavy atom. The molecule has 6 rings (SSSR count). The van der Waals surface area contributed by atoms with Crippen LogP contribution in [-0.4, -0.2) is 90.7 Å². The number of alkyl halides is 6. The highest BCUT2D eigenvalue weighted by Crippen LogP contribution is 2.54. The fourth-order valence-corrected chi connectivity index (χ4v) is 6.17. The molecule has 5 heterocycles. The van der Waals surface area contributed by atoms with E-state index in [0.29, 0.717) is 51.3 Å². The van der Waals surface area contributed by atoms with Crippen LogP contribution in [0.15, 0.2) is 18.6 Å². The van der Waals surface area contributed by atoms with Crippen molar-refractivity contribution in [2.45, 2.75) is 44.3 Å². The van der Waals surface area contributed by atoms with E-state index in [1.807, 2.05) is 4.90 Å². The molecule has 2 aromatic rings. The highest BCUT2D eigenvalue weighted by Gasteiger charge is 2.58. The quantitative estimate of drug-likeness (QED) is 0.582. The summed E-state index contributed by atoms with van der Waals surface area (Å²) in [5, 5.41) is 7.53. The number of aromatic nitrogens is 5. The van der Waals surface area contributed by atoms with Crippen LogP contribution in [0.3, 0.4) is 0 Å². The van der Waals surface area contributed by atoms with Crippen LogP contribution in [0.5, 0.6) is 0 Å². The molecule has 36 heavy (non-hydrogen) atoms. The summed E-state index contributed by atoms with van der Waals surface area (Å²) in [6, 6.07) is 1.45. The molecule has 0 radical (unpaired) electrons. The zero-order valence-corrected chi connectivity index (χ0v) is 19.1. The van der Waals surface area contributed by atoms with E-state index in [1.165, 1.54) is 10.9 Å². The Hall–Kier alpha value is -2.84. The molecule has 2 aromatic heterocycles. The number of carbonyl (C=O) groups excluding carboxylic acids is 1. The van der Waals surface area contributed by atoms with Crippen LogP contribution in [0.2, 0.25) is 0 Å². The smallest absolute Gasteiger partial charge is 0.323 e. The molecular formula is C21H24F6N8O. The molecule has 9 nitrogen and oxygen atoms in total. The summed E-state index contributed by atoms with van der Waals surface area (Å²) in [7, 11) is 0. The Morgan fingerprint density at radius 1 is 0.944 bits per heavy atom. The van der Waals surface area contributed by atoms with E-state index in [4.69, 9.17) is 0 Å². The fraction of sp³-hybridized carbons (Fsp3) is 0.714. The standard InChI is InChI=1S/C21H24F6N8O/c22-20(23,24)12-34-2-1-14(29-34)5-31-6-19(7-31)10-33(11-19)17(36)32-8-18(9-32)3-15(4-18)35-13-28-16(30-35)21(25,26)27/h1-2,13,15H,3-12H2. The van der Waals surface area contributed by atoms with Crippen molar-refractivity contribution in [3.05, 3.63) is 30.1 Å². The van der Waals surface area contributed by atoms with Crippen molar-refractivity contribution in [3.8, 4) is 0 Å². The van der Waals surface area contributed by atoms with Crippen LogP contribution in [0.4, 0.5) is 31.1 Å². The van der Waals surface area contributed by atoms with Crippen molar-refractivity contribution in [3.63, 3.8) is 0 Å². The van der Waals surface area contributed by atoms with Gasteiger partial charge in [-0.1, -0.05) is 0 Å². The molecule has 0 bridgehead atoms. The second-order valence-electron chi connectivity index (χ2n) is 10.9. The lowest BCUT2D eigenvalue weighted by Gasteiger charge is -2.63. The third-order valence-electron chi connectivity index (χ3n) is 7.66. The normalized spacial score (nSPS) is 23.4. The lowest BCUT2D eigenvalue weighted by atomic mass is 9.60. The molecule has 2 amide bonds. The van der Waals surface area contributed by atoms with Crippen molar-refractivity contribution in [2.24, 2.45) is 10.8 Å². The second-order valence-corrected chi connectivity index (χ2v) is 10.9. The largest absolute Gasteiger partial charge is 0.453 e. The minimum atomic E-state index is -4.56. The Balaban J connectivity index is 0.914. The number of carbonyl (C=O) groups is 1. The fourth-order valence-electron chi connectivity index (χ4n) is 6.17. The van der Waals surface area contributed by atoms with Gasteiger partial charge in [0.1, 0.15) is 12.9 Å². The van der Waals surface area contributed by atoms with Gasteiger partial charge < -0.3 is 9.80 Å². The summed E-state index contributed by atoms with van der Waals surface area (Å²) in [6.07, 6.45) is -5.06. The molecule has 3 saturated heterocycles. The number of nitrogens with zero attached hydrogens (tertiary/aromatic N) is 8. The number of likely N-dealkylation sites (tertiary alicyclic amines) is 3. The van der Waals surface area contributed by atoms with Crippen LogP contribution in [-0.2, 0) is 19.3 Å². The van der Waals surface area contributed by atoms with Crippen LogP contribution >= 0.6 is 0 Å². The number of amides is 2. The van der Waals surface area contributed by atoms with Crippen molar-refractivity contribution in [1.82, 2.24) is 39.2 Å². The van der Waals surface area contributed by atoms with E-state index >= 15 is 0 Å². The highest BCUT2D eigenvalue weighted by molar-refractivity contribution is 5.77. The monoisotopic (exact) mass is 518 g/mol. The summed E-state index contributed by atoms with van der Waals surface area (Å²) < 4.78 is 77.7. The number of hydrogen-bond acceptors (Lipinski definition) is 5. The maximum absolute atomic E-state index is 12.8. The van der Waals surface area contributed by atoms with Gasteiger partial charge in [0.2, 0.25) is 0 Å². The SMILES string of the molecule is O=C(N1CC2(CC(n3cnc(C(F)(F)F)n3)C2)C1)N1CC2(CN(Cc3ccn(CC(F)(F)F)n3)C2)C1. The zero-order valence-electron chi connectivity index (χ0n) is 19.1. The predicted octanol–water partition coefficient (Wildman–Crippen LogP) is 2.63. The van der Waals surface area contributed by atoms with Crippen molar-refractivity contribution in [1.29, 1.82) is 0 Å². The van der Waals surface area contributed by atoms with Crippen LogP contribution in [0.1, 0.15) is 30.4 Å². The molecule has 196 valence electrons. The van der Waals surface area contributed by atoms with Crippen molar-refractivity contribution >= 4 is 6.03 Å². The summed E-state index contributed by atoms with van der Waals surface area (Å²) >= 11 is 0. The summed E-state index contributed by atoms with van der Waals surface area (Å²) in [6.45, 7) is 3.40. The lowest BCUT2D eigenvalue weighted by Crippen LogP contribution is -2.75. The molecule has 0 unspecified atom stereocenters. The average Bonchev–Trinajstić information content (AvgIpc) is 3.28. The maximum atomic E-state index is 12.8. The first-order chi connectivity index (χ1) is 16.8. The molecular weight excluding hydrogens is 494 g/mol. The maximum Gasteiger partial charge on any atom is 0.453 e. The van der Waals surface area contributed by atoms with E-state index < -0.39 is 24.7 Å². The Labute approximate surface area is 201 Å². The number of hydrogen-bond donors (Lipinski definition) is 0. The topological polar surface area (TPSA) is 75.3 Å². The van der Waals surface area contributed by atoms with Gasteiger partial charge in [0.25, 0.3) is 5.82 Å². The number of urea groups is 1. The molecule has 15 heteroatoms. The first-order valence-corrected chi connectivity index (χ1v) is 11.6. The Kier molecular flexibility index (Phi) is 4.96. The van der Waals surface area contributed by atoms with E-state index in [-0.39, 0.29) is 22.9 Å². The van der Waals surface area contributed by atoms with Gasteiger partial charge in [-0.2, -0.15) is 31.4 Å². The van der Waals surface area contributed by atoms with Gasteiger partial charge in [0, 0.05) is 62.8 Å². The van der Waals surface area contributed by atoms with Crippen LogP contribution < -0.4 is 0 Å². The first kappa shape index (κ1) is 23.6. The predicted molar refractivity (Wildman–Crippen MR) is 110 cm³/mol. The summed E-state index contributed by atoms with van der Waals surface area (Å²) in [5.41, 5.74) is 0.583. The van der Waals surface area contributed by atoms with Gasteiger partial charge in [-0.25, -0.2) is 14.5 Å². The third kappa shape index (κ3) is 4.20. The molecule has 4 aliphatic rings. The van der Waals surface area contributed by atoms with E-state index in [9.17, 15) is 31.1 Å². The first-order valence-electron chi connectivity index (χ1n) is 11.6. The van der Waals surface area contributed by atoms with Gasteiger partial charge in [0.15, 0.2) is 0 Å². The second kappa shape index (κ2) is 7.59. The molecule has 3 aliphatic heterocycles. The molecule has 4 fully saturated rings. The van der Waals surface area contributed by atoms with E-state index in [2.05, 4.69) is 20.1 Å². The minimum absolute atomic E-state index is 0.0147. The summed E-state index contributed by atoms with van der Waals surface area (Å²) in [4.78, 5) is 21.9. The molecule has 0 aromatic carbocycles. The van der Waals surface area contributed by atoms with Crippen molar-refractivity contribution < 1.29 is 31.1 Å². The third-order valence-corrected chi connectivity index (χ3v) is 7.66. The molecule has 0 atom stereocenters. The zero-order chi connectivity index (χ0) is 25.5. The van der Waals surface area contributed by atoms with E-state index in [1.54, 1.807) is 11.0 Å². The molecule has 2 spiro atoms. The van der Waals surface area contributed by atoms with Gasteiger partial charge in [-0.15, -0.1) is 5.10 Å². The van der Waals surface area contributed by atoms with Crippen LogP contribution in [0.25, 0.3) is 0 Å². The lowest BCUT2D eigenvalue weighted by molar-refractivity contribution is -0.145. The van der Waals surface area contributed by atoms with Gasteiger partial charge in [0.05, 0.1) is 11.7 Å². The Bertz CT molecular complexity index is 1140. The minimum Gasteiger partial charge on any atom is -0.323 e. The summed E-state index contributed by atoms with van der Waals surface area (Å²) in [5.74, 6) is -1.13. The molecule has 1 aliphatic carbocycles. The van der Waals surface area contributed by atoms with Gasteiger partial charge >= 0.3 is 18.4 Å². The van der Waals surface area contributed by atoms with Gasteiger partial charge in [-0.3, -0.25) is 9.58 Å². The van der Waals surface area contributed by atoms with Crippen LogP contribution in [0, 0.1) is 10.8 Å². The molecule has 1 saturated carbocycles. The molecule has 0 N–H and O–H groups in total. The van der Waals surface area contributed by atoms with Gasteiger partial charge in [-0.05, 0) is 18.9 Å². The Morgan fingerprint density at radius 3 is 2.17 bits per heavy atom. The van der Waals surface area contributed by atoms with E-state index in [0.717, 1.165) is 24.1 Å². The van der Waals surface area contributed by atoms with Crippen molar-refractivity contribution in [2.75, 3.05) is 39.3 Å².